The van der Waals surface area contributed by atoms with E-state index in [4.69, 9.17) is 8.94 Å². The Kier molecular flexibility index (Phi) is 5.55. The summed E-state index contributed by atoms with van der Waals surface area (Å²) in [5.74, 6) is 0.851. The van der Waals surface area contributed by atoms with E-state index in [2.05, 4.69) is 25.8 Å². The van der Waals surface area contributed by atoms with Gasteiger partial charge in [-0.15, -0.1) is 11.3 Å². The first-order valence-electron chi connectivity index (χ1n) is 9.69. The Hall–Kier alpha value is -3.53. The number of thiazole rings is 1. The Balaban J connectivity index is 1.56. The quantitative estimate of drug-likeness (QED) is 0.460. The third-order valence-corrected chi connectivity index (χ3v) is 5.38. The lowest BCUT2D eigenvalue weighted by molar-refractivity contribution is -0.119. The zero-order valence-corrected chi connectivity index (χ0v) is 18.3. The van der Waals surface area contributed by atoms with Crippen molar-refractivity contribution in [1.29, 1.82) is 0 Å². The second kappa shape index (κ2) is 8.31. The predicted octanol–water partition coefficient (Wildman–Crippen LogP) is 4.26. The summed E-state index contributed by atoms with van der Waals surface area (Å²) < 4.78 is 11.0. The van der Waals surface area contributed by atoms with Gasteiger partial charge < -0.3 is 14.3 Å². The van der Waals surface area contributed by atoms with Crippen molar-refractivity contribution >= 4 is 39.4 Å². The van der Waals surface area contributed by atoms with Gasteiger partial charge in [-0.1, -0.05) is 19.0 Å². The third-order valence-electron chi connectivity index (χ3n) is 4.62. The monoisotopic (exact) mass is 439 g/mol. The van der Waals surface area contributed by atoms with Gasteiger partial charge in [0.05, 0.1) is 23.2 Å². The molecule has 0 unspecified atom stereocenters. The van der Waals surface area contributed by atoms with E-state index in [9.17, 15) is 9.59 Å². The van der Waals surface area contributed by atoms with Crippen LogP contribution in [0.4, 0.5) is 5.13 Å². The number of furan rings is 1. The van der Waals surface area contributed by atoms with Gasteiger partial charge in [-0.2, -0.15) is 0 Å². The molecule has 0 bridgehead atoms. The molecule has 0 atom stereocenters. The molecule has 0 aromatic carbocycles. The van der Waals surface area contributed by atoms with Crippen LogP contribution in [0.25, 0.3) is 22.6 Å². The van der Waals surface area contributed by atoms with Crippen LogP contribution in [0.5, 0.6) is 0 Å². The molecule has 2 N–H and O–H groups in total. The predicted molar refractivity (Wildman–Crippen MR) is 116 cm³/mol. The molecule has 0 radical (unpaired) electrons. The normalized spacial score (nSPS) is 11.3. The molecule has 9 nitrogen and oxygen atoms in total. The van der Waals surface area contributed by atoms with Crippen LogP contribution < -0.4 is 10.6 Å². The van der Waals surface area contributed by atoms with Crippen molar-refractivity contribution in [3.8, 4) is 11.5 Å². The van der Waals surface area contributed by atoms with Crippen molar-refractivity contribution in [3.63, 3.8) is 0 Å². The summed E-state index contributed by atoms with van der Waals surface area (Å²) in [6, 6.07) is 5.32. The number of aryl methyl sites for hydroxylation is 1. The fraction of sp³-hybridized carbons (Fsp3) is 0.286. The topological polar surface area (TPSA) is 123 Å². The zero-order valence-electron chi connectivity index (χ0n) is 17.5. The standard InChI is InChI=1S/C21H21N5O4S/c1-10(2)15-7-14(18-11(3)26-30-20(18)23-15)19(28)25-21-24-16(9-31-21)17-6-5-13(29-17)8-22-12(4)27/h5-7,9-10H,8H2,1-4H3,(H,22,27)(H,24,25,28). The van der Waals surface area contributed by atoms with Gasteiger partial charge in [0.15, 0.2) is 10.9 Å². The van der Waals surface area contributed by atoms with E-state index in [1.165, 1.54) is 18.3 Å². The number of hydrogen-bond acceptors (Lipinski definition) is 8. The third kappa shape index (κ3) is 4.33. The van der Waals surface area contributed by atoms with Crippen LogP contribution in [-0.4, -0.2) is 26.9 Å². The molecular formula is C21H21N5O4S. The van der Waals surface area contributed by atoms with Gasteiger partial charge in [-0.25, -0.2) is 9.97 Å². The van der Waals surface area contributed by atoms with Crippen LogP contribution in [0.1, 0.15) is 54.2 Å². The minimum atomic E-state index is -0.313. The molecule has 2 amide bonds. The zero-order chi connectivity index (χ0) is 22.1. The first-order chi connectivity index (χ1) is 14.8. The molecular weight excluding hydrogens is 418 g/mol. The molecule has 0 saturated heterocycles. The van der Waals surface area contributed by atoms with E-state index < -0.39 is 0 Å². The van der Waals surface area contributed by atoms with Crippen molar-refractivity contribution in [2.45, 2.75) is 40.2 Å². The molecule has 10 heteroatoms. The number of rotatable bonds is 6. The summed E-state index contributed by atoms with van der Waals surface area (Å²) in [5.41, 5.74) is 2.73. The van der Waals surface area contributed by atoms with Crippen molar-refractivity contribution in [1.82, 2.24) is 20.4 Å². The second-order valence-electron chi connectivity index (χ2n) is 7.37. The van der Waals surface area contributed by atoms with E-state index in [0.717, 1.165) is 5.69 Å². The van der Waals surface area contributed by atoms with Gasteiger partial charge >= 0.3 is 0 Å². The number of fused-ring (bicyclic) bond motifs is 1. The fourth-order valence-corrected chi connectivity index (χ4v) is 3.71. The molecule has 0 saturated carbocycles. The van der Waals surface area contributed by atoms with Crippen LogP contribution in [0.15, 0.2) is 32.5 Å². The molecule has 4 aromatic heterocycles. The van der Waals surface area contributed by atoms with Gasteiger partial charge in [0.25, 0.3) is 11.6 Å². The summed E-state index contributed by atoms with van der Waals surface area (Å²) in [5, 5.41) is 12.3. The highest BCUT2D eigenvalue weighted by atomic mass is 32.1. The maximum atomic E-state index is 13.0. The Morgan fingerprint density at radius 1 is 1.23 bits per heavy atom. The van der Waals surface area contributed by atoms with Crippen molar-refractivity contribution in [3.05, 3.63) is 46.3 Å². The summed E-state index contributed by atoms with van der Waals surface area (Å²) in [6.45, 7) is 7.51. The molecule has 4 aromatic rings. The molecule has 0 fully saturated rings. The van der Waals surface area contributed by atoms with Crippen LogP contribution in [0.3, 0.4) is 0 Å². The Morgan fingerprint density at radius 2 is 2.03 bits per heavy atom. The lowest BCUT2D eigenvalue weighted by Gasteiger charge is -2.08. The molecule has 0 aliphatic rings. The van der Waals surface area contributed by atoms with Gasteiger partial charge in [-0.3, -0.25) is 14.9 Å². The molecule has 160 valence electrons. The molecule has 0 spiro atoms. The molecule has 31 heavy (non-hydrogen) atoms. The smallest absolute Gasteiger partial charge is 0.259 e. The summed E-state index contributed by atoms with van der Waals surface area (Å²) in [7, 11) is 0. The molecule has 4 rings (SSSR count). The van der Waals surface area contributed by atoms with E-state index in [0.29, 0.717) is 51.2 Å². The summed E-state index contributed by atoms with van der Waals surface area (Å²) >= 11 is 1.29. The Morgan fingerprint density at radius 3 is 2.77 bits per heavy atom. The molecule has 0 aliphatic carbocycles. The average molecular weight is 439 g/mol. The van der Waals surface area contributed by atoms with E-state index >= 15 is 0 Å². The largest absolute Gasteiger partial charge is 0.458 e. The first kappa shape index (κ1) is 20.7. The van der Waals surface area contributed by atoms with Gasteiger partial charge in [0, 0.05) is 18.0 Å². The highest BCUT2D eigenvalue weighted by Crippen LogP contribution is 2.29. The molecule has 4 heterocycles. The number of nitrogens with one attached hydrogen (secondary N) is 2. The van der Waals surface area contributed by atoms with Crippen LogP contribution in [0.2, 0.25) is 0 Å². The summed E-state index contributed by atoms with van der Waals surface area (Å²) in [6.07, 6.45) is 0. The number of amides is 2. The number of aromatic nitrogens is 3. The Labute approximate surface area is 181 Å². The van der Waals surface area contributed by atoms with Crippen LogP contribution >= 0.6 is 11.3 Å². The van der Waals surface area contributed by atoms with Crippen molar-refractivity contribution < 1.29 is 18.5 Å². The number of carbonyl (C=O) groups excluding carboxylic acids is 2. The minimum Gasteiger partial charge on any atom is -0.458 e. The highest BCUT2D eigenvalue weighted by molar-refractivity contribution is 7.14. The SMILES string of the molecule is CC(=O)NCc1ccc(-c2csc(NC(=O)c3cc(C(C)C)nc4onc(C)c34)n2)o1. The summed E-state index contributed by atoms with van der Waals surface area (Å²) in [4.78, 5) is 33.0. The lowest BCUT2D eigenvalue weighted by atomic mass is 10.0. The Bertz CT molecular complexity index is 1270. The van der Waals surface area contributed by atoms with Crippen molar-refractivity contribution in [2.75, 3.05) is 5.32 Å². The van der Waals surface area contributed by atoms with Crippen molar-refractivity contribution in [2.24, 2.45) is 0 Å². The number of nitrogens with zero attached hydrogens (tertiary/aromatic N) is 3. The number of hydrogen-bond donors (Lipinski definition) is 2. The first-order valence-corrected chi connectivity index (χ1v) is 10.6. The minimum absolute atomic E-state index is 0.124. The maximum Gasteiger partial charge on any atom is 0.259 e. The molecule has 0 aliphatic heterocycles. The van der Waals surface area contributed by atoms with Crippen LogP contribution in [0, 0.1) is 6.92 Å². The van der Waals surface area contributed by atoms with Gasteiger partial charge in [0.2, 0.25) is 5.91 Å². The maximum absolute atomic E-state index is 13.0. The van der Waals surface area contributed by atoms with E-state index in [1.54, 1.807) is 30.5 Å². The second-order valence-corrected chi connectivity index (χ2v) is 8.22. The number of anilines is 1. The van der Waals surface area contributed by atoms with Gasteiger partial charge in [0.1, 0.15) is 11.5 Å². The van der Waals surface area contributed by atoms with E-state index in [-0.39, 0.29) is 17.7 Å². The van der Waals surface area contributed by atoms with Gasteiger partial charge in [-0.05, 0) is 31.0 Å². The number of carbonyl (C=O) groups is 2. The lowest BCUT2D eigenvalue weighted by Crippen LogP contribution is -2.18. The van der Waals surface area contributed by atoms with Crippen LogP contribution in [-0.2, 0) is 11.3 Å². The number of pyridine rings is 1. The fourth-order valence-electron chi connectivity index (χ4n) is 3.02. The van der Waals surface area contributed by atoms with E-state index in [1.807, 2.05) is 13.8 Å². The average Bonchev–Trinajstić information content (AvgIpc) is 3.46. The highest BCUT2D eigenvalue weighted by Gasteiger charge is 2.21.